The van der Waals surface area contributed by atoms with Crippen LogP contribution < -0.4 is 5.32 Å². The van der Waals surface area contributed by atoms with Gasteiger partial charge in [0.05, 0.1) is 5.56 Å². The molecule has 150 valence electrons. The summed E-state index contributed by atoms with van der Waals surface area (Å²) in [7, 11) is 0. The number of allylic oxidation sites excluding steroid dienone is 1. The summed E-state index contributed by atoms with van der Waals surface area (Å²) in [5.41, 5.74) is 0.841. The summed E-state index contributed by atoms with van der Waals surface area (Å²) in [5, 5.41) is 6.59. The van der Waals surface area contributed by atoms with Crippen LogP contribution in [0.1, 0.15) is 50.0 Å². The summed E-state index contributed by atoms with van der Waals surface area (Å²) in [6.07, 6.45) is 3.78. The minimum Gasteiger partial charge on any atom is -0.356 e. The summed E-state index contributed by atoms with van der Waals surface area (Å²) in [4.78, 5) is 16.0. The number of rotatable bonds is 7. The second-order valence-corrected chi connectivity index (χ2v) is 6.80. The van der Waals surface area contributed by atoms with Crippen LogP contribution in [0.25, 0.3) is 11.4 Å². The second kappa shape index (κ2) is 9.03. The van der Waals surface area contributed by atoms with Crippen LogP contribution in [0, 0.1) is 0 Å². The Kier molecular flexibility index (Phi) is 6.49. The SMILES string of the molecule is O=C(CCc1nc(-c2cccc(C(F)(F)F)c2)no1)NCCC1=CCCCC1. The number of aryl methyl sites for hydroxylation is 1. The van der Waals surface area contributed by atoms with E-state index >= 15 is 0 Å². The van der Waals surface area contributed by atoms with Gasteiger partial charge in [0.2, 0.25) is 17.6 Å². The number of nitrogens with one attached hydrogen (secondary N) is 1. The fourth-order valence-corrected chi connectivity index (χ4v) is 3.11. The van der Waals surface area contributed by atoms with Gasteiger partial charge in [-0.1, -0.05) is 28.9 Å². The zero-order valence-electron chi connectivity index (χ0n) is 15.4. The Balaban J connectivity index is 1.48. The molecule has 1 aliphatic carbocycles. The molecule has 1 aromatic heterocycles. The molecule has 0 unspecified atom stereocenters. The highest BCUT2D eigenvalue weighted by atomic mass is 19.4. The van der Waals surface area contributed by atoms with E-state index in [4.69, 9.17) is 4.52 Å². The van der Waals surface area contributed by atoms with Crippen molar-refractivity contribution in [3.63, 3.8) is 0 Å². The molecule has 5 nitrogen and oxygen atoms in total. The van der Waals surface area contributed by atoms with E-state index in [2.05, 4.69) is 21.5 Å². The van der Waals surface area contributed by atoms with Gasteiger partial charge < -0.3 is 9.84 Å². The Bertz CT molecular complexity index is 843. The third kappa shape index (κ3) is 5.68. The van der Waals surface area contributed by atoms with E-state index in [1.165, 1.54) is 30.5 Å². The van der Waals surface area contributed by atoms with Gasteiger partial charge >= 0.3 is 6.18 Å². The molecule has 0 spiro atoms. The lowest BCUT2D eigenvalue weighted by Crippen LogP contribution is -2.25. The Morgan fingerprint density at radius 1 is 1.21 bits per heavy atom. The normalized spacial score (nSPS) is 14.6. The predicted molar refractivity (Wildman–Crippen MR) is 97.2 cm³/mol. The molecule has 1 aromatic carbocycles. The van der Waals surface area contributed by atoms with E-state index in [1.807, 2.05) is 0 Å². The number of hydrogen-bond donors (Lipinski definition) is 1. The number of hydrogen-bond acceptors (Lipinski definition) is 4. The van der Waals surface area contributed by atoms with Gasteiger partial charge in [0.25, 0.3) is 0 Å². The van der Waals surface area contributed by atoms with Gasteiger partial charge in [-0.2, -0.15) is 18.2 Å². The molecular weight excluding hydrogens is 371 g/mol. The van der Waals surface area contributed by atoms with Gasteiger partial charge in [-0.15, -0.1) is 0 Å². The molecule has 1 amide bonds. The first-order valence-electron chi connectivity index (χ1n) is 9.36. The van der Waals surface area contributed by atoms with Crippen LogP contribution >= 0.6 is 0 Å². The average molecular weight is 393 g/mol. The third-order valence-corrected chi connectivity index (χ3v) is 4.64. The fraction of sp³-hybridized carbons (Fsp3) is 0.450. The van der Waals surface area contributed by atoms with Crippen LogP contribution in [0.3, 0.4) is 0 Å². The summed E-state index contributed by atoms with van der Waals surface area (Å²) in [6.45, 7) is 0.601. The summed E-state index contributed by atoms with van der Waals surface area (Å²) in [5.74, 6) is 0.179. The monoisotopic (exact) mass is 393 g/mol. The van der Waals surface area contributed by atoms with Crippen molar-refractivity contribution in [1.29, 1.82) is 0 Å². The van der Waals surface area contributed by atoms with E-state index in [-0.39, 0.29) is 36.0 Å². The molecule has 0 radical (unpaired) electrons. The number of benzene rings is 1. The number of alkyl halides is 3. The van der Waals surface area contributed by atoms with Crippen molar-refractivity contribution in [3.05, 3.63) is 47.4 Å². The molecule has 1 aliphatic rings. The third-order valence-electron chi connectivity index (χ3n) is 4.64. The first kappa shape index (κ1) is 20.1. The van der Waals surface area contributed by atoms with Crippen molar-refractivity contribution in [2.45, 2.75) is 51.1 Å². The number of carbonyl (C=O) groups is 1. The van der Waals surface area contributed by atoms with Gasteiger partial charge in [-0.3, -0.25) is 4.79 Å². The van der Waals surface area contributed by atoms with Crippen LogP contribution in [-0.2, 0) is 17.4 Å². The molecule has 0 fully saturated rings. The van der Waals surface area contributed by atoms with E-state index < -0.39 is 11.7 Å². The first-order chi connectivity index (χ1) is 13.4. The van der Waals surface area contributed by atoms with Gasteiger partial charge in [0, 0.05) is 24.9 Å². The summed E-state index contributed by atoms with van der Waals surface area (Å²) < 4.78 is 43.5. The first-order valence-corrected chi connectivity index (χ1v) is 9.36. The zero-order valence-corrected chi connectivity index (χ0v) is 15.4. The van der Waals surface area contributed by atoms with Crippen molar-refractivity contribution >= 4 is 5.91 Å². The molecule has 1 N–H and O–H groups in total. The Hall–Kier alpha value is -2.64. The van der Waals surface area contributed by atoms with Crippen molar-refractivity contribution < 1.29 is 22.5 Å². The zero-order chi connectivity index (χ0) is 20.0. The molecule has 28 heavy (non-hydrogen) atoms. The lowest BCUT2D eigenvalue weighted by Gasteiger charge is -2.12. The topological polar surface area (TPSA) is 68.0 Å². The van der Waals surface area contributed by atoms with Gasteiger partial charge in [0.15, 0.2) is 0 Å². The van der Waals surface area contributed by atoms with E-state index in [0.717, 1.165) is 31.4 Å². The highest BCUT2D eigenvalue weighted by Gasteiger charge is 2.30. The highest BCUT2D eigenvalue weighted by Crippen LogP contribution is 2.31. The molecule has 8 heteroatoms. The van der Waals surface area contributed by atoms with E-state index in [0.29, 0.717) is 6.54 Å². The maximum atomic E-state index is 12.8. The molecule has 0 saturated carbocycles. The molecular formula is C20H22F3N3O2. The number of amides is 1. The predicted octanol–water partition coefficient (Wildman–Crippen LogP) is 4.69. The van der Waals surface area contributed by atoms with Crippen molar-refractivity contribution in [1.82, 2.24) is 15.5 Å². The lowest BCUT2D eigenvalue weighted by molar-refractivity contribution is -0.137. The molecule has 0 aliphatic heterocycles. The number of aromatic nitrogens is 2. The lowest BCUT2D eigenvalue weighted by atomic mass is 9.97. The minimum atomic E-state index is -4.44. The number of halogens is 3. The smallest absolute Gasteiger partial charge is 0.356 e. The van der Waals surface area contributed by atoms with Gasteiger partial charge in [-0.05, 0) is 44.2 Å². The quantitative estimate of drug-likeness (QED) is 0.693. The van der Waals surface area contributed by atoms with Crippen LogP contribution in [0.15, 0.2) is 40.4 Å². The van der Waals surface area contributed by atoms with E-state index in [9.17, 15) is 18.0 Å². The van der Waals surface area contributed by atoms with Crippen LogP contribution in [0.5, 0.6) is 0 Å². The molecule has 1 heterocycles. The Morgan fingerprint density at radius 2 is 2.07 bits per heavy atom. The van der Waals surface area contributed by atoms with Crippen LogP contribution in [-0.4, -0.2) is 22.6 Å². The molecule has 3 rings (SSSR count). The van der Waals surface area contributed by atoms with Gasteiger partial charge in [0.1, 0.15) is 0 Å². The Morgan fingerprint density at radius 3 is 2.82 bits per heavy atom. The number of nitrogens with zero attached hydrogens (tertiary/aromatic N) is 2. The maximum Gasteiger partial charge on any atom is 0.416 e. The fourth-order valence-electron chi connectivity index (χ4n) is 3.11. The average Bonchev–Trinajstić information content (AvgIpc) is 3.16. The molecule has 0 saturated heterocycles. The Labute approximate surface area is 161 Å². The van der Waals surface area contributed by atoms with Crippen LogP contribution in [0.4, 0.5) is 13.2 Å². The second-order valence-electron chi connectivity index (χ2n) is 6.80. The van der Waals surface area contributed by atoms with Crippen molar-refractivity contribution in [3.8, 4) is 11.4 Å². The van der Waals surface area contributed by atoms with Gasteiger partial charge in [-0.25, -0.2) is 0 Å². The summed E-state index contributed by atoms with van der Waals surface area (Å²) in [6, 6.07) is 4.74. The largest absolute Gasteiger partial charge is 0.416 e. The maximum absolute atomic E-state index is 12.8. The van der Waals surface area contributed by atoms with Crippen molar-refractivity contribution in [2.24, 2.45) is 0 Å². The van der Waals surface area contributed by atoms with Crippen LogP contribution in [0.2, 0.25) is 0 Å². The minimum absolute atomic E-state index is 0.0748. The molecule has 0 bridgehead atoms. The van der Waals surface area contributed by atoms with Crippen molar-refractivity contribution in [2.75, 3.05) is 6.54 Å². The standard InChI is InChI=1S/C20H22F3N3O2/c21-20(22,23)16-8-4-7-15(13-16)19-25-18(28-26-19)10-9-17(27)24-12-11-14-5-2-1-3-6-14/h4-5,7-8,13H,1-3,6,9-12H2,(H,24,27). The molecule has 2 aromatic rings. The highest BCUT2D eigenvalue weighted by molar-refractivity contribution is 5.76. The van der Waals surface area contributed by atoms with E-state index in [1.54, 1.807) is 0 Å². The summed E-state index contributed by atoms with van der Waals surface area (Å²) >= 11 is 0. The molecule has 0 atom stereocenters. The number of carbonyl (C=O) groups excluding carboxylic acids is 1.